The monoisotopic (exact) mass is 194 g/mol. The Balaban J connectivity index is 1.99. The van der Waals surface area contributed by atoms with Gasteiger partial charge in [0.1, 0.15) is 0 Å². The van der Waals surface area contributed by atoms with Crippen molar-refractivity contribution in [2.45, 2.75) is 25.3 Å². The van der Waals surface area contributed by atoms with E-state index in [1.54, 1.807) is 0 Å². The first-order valence-electron chi connectivity index (χ1n) is 4.89. The zero-order valence-electron chi connectivity index (χ0n) is 8.27. The number of nitrogens with zero attached hydrogens (tertiary/aromatic N) is 2. The van der Waals surface area contributed by atoms with Crippen molar-refractivity contribution in [2.24, 2.45) is 0 Å². The number of hydrogen-bond acceptors (Lipinski definition) is 4. The van der Waals surface area contributed by atoms with Gasteiger partial charge in [0.05, 0.1) is 6.20 Å². The summed E-state index contributed by atoms with van der Waals surface area (Å²) in [4.78, 5) is 16.7. The molecule has 2 heterocycles. The largest absolute Gasteiger partial charge is 0.438 e. The number of hydrogen-bond donors (Lipinski definition) is 0. The minimum Gasteiger partial charge on any atom is -0.438 e. The maximum Gasteiger partial charge on any atom is 0.196 e. The Kier molecular flexibility index (Phi) is 2.63. The van der Waals surface area contributed by atoms with Crippen LogP contribution in [-0.2, 0) is 6.42 Å². The van der Waals surface area contributed by atoms with Crippen LogP contribution in [0.4, 0.5) is 0 Å². The van der Waals surface area contributed by atoms with Gasteiger partial charge in [-0.1, -0.05) is 0 Å². The van der Waals surface area contributed by atoms with Crippen molar-refractivity contribution in [3.8, 4) is 0 Å². The summed E-state index contributed by atoms with van der Waals surface area (Å²) in [5, 5.41) is 0. The van der Waals surface area contributed by atoms with Crippen LogP contribution in [0.2, 0.25) is 0 Å². The Labute approximate surface area is 82.9 Å². The van der Waals surface area contributed by atoms with Crippen molar-refractivity contribution >= 4 is 6.29 Å². The van der Waals surface area contributed by atoms with Crippen LogP contribution in [0.15, 0.2) is 10.6 Å². The average molecular weight is 194 g/mol. The molecule has 0 aliphatic carbocycles. The Bertz CT molecular complexity index is 322. The molecule has 2 rings (SSSR count). The molecule has 0 amide bonds. The molecule has 76 valence electrons. The fraction of sp³-hybridized carbons (Fsp3) is 0.600. The van der Waals surface area contributed by atoms with Crippen LogP contribution in [-0.4, -0.2) is 35.8 Å². The summed E-state index contributed by atoms with van der Waals surface area (Å²) in [6.07, 6.45) is 5.41. The Hall–Kier alpha value is -1.16. The predicted molar refractivity (Wildman–Crippen MR) is 51.2 cm³/mol. The van der Waals surface area contributed by atoms with Crippen molar-refractivity contribution in [3.05, 3.63) is 17.8 Å². The third-order valence-corrected chi connectivity index (χ3v) is 2.77. The highest BCUT2D eigenvalue weighted by Crippen LogP contribution is 2.18. The fourth-order valence-corrected chi connectivity index (χ4v) is 1.91. The highest BCUT2D eigenvalue weighted by atomic mass is 16.4. The molecule has 1 aliphatic rings. The van der Waals surface area contributed by atoms with Gasteiger partial charge in [-0.3, -0.25) is 4.79 Å². The number of likely N-dealkylation sites (N-methyl/N-ethyl adjacent to an activating group) is 1. The highest BCUT2D eigenvalue weighted by molar-refractivity contribution is 5.69. The van der Waals surface area contributed by atoms with Crippen LogP contribution >= 0.6 is 0 Å². The van der Waals surface area contributed by atoms with E-state index < -0.39 is 0 Å². The SMILES string of the molecule is CN1CCCC1Cc1ncc(C=O)o1. The molecule has 1 aliphatic heterocycles. The lowest BCUT2D eigenvalue weighted by atomic mass is 10.1. The molecule has 1 fully saturated rings. The molecule has 4 heteroatoms. The molecule has 1 atom stereocenters. The minimum absolute atomic E-state index is 0.320. The molecule has 0 radical (unpaired) electrons. The lowest BCUT2D eigenvalue weighted by Gasteiger charge is -2.16. The van der Waals surface area contributed by atoms with Gasteiger partial charge in [0, 0.05) is 12.5 Å². The van der Waals surface area contributed by atoms with Gasteiger partial charge in [-0.2, -0.15) is 0 Å². The first-order chi connectivity index (χ1) is 6.79. The van der Waals surface area contributed by atoms with E-state index in [2.05, 4.69) is 16.9 Å². The van der Waals surface area contributed by atoms with E-state index in [1.165, 1.54) is 19.0 Å². The predicted octanol–water partition coefficient (Wildman–Crippen LogP) is 1.12. The summed E-state index contributed by atoms with van der Waals surface area (Å²) in [5.41, 5.74) is 0. The van der Waals surface area contributed by atoms with Gasteiger partial charge in [-0.05, 0) is 26.4 Å². The normalized spacial score (nSPS) is 22.8. The molecule has 1 aromatic heterocycles. The molecule has 0 aromatic carbocycles. The molecule has 1 aromatic rings. The summed E-state index contributed by atoms with van der Waals surface area (Å²) >= 11 is 0. The quantitative estimate of drug-likeness (QED) is 0.676. The molecule has 0 N–H and O–H groups in total. The van der Waals surface area contributed by atoms with Gasteiger partial charge < -0.3 is 9.32 Å². The zero-order valence-corrected chi connectivity index (χ0v) is 8.27. The molecule has 1 saturated heterocycles. The summed E-state index contributed by atoms with van der Waals surface area (Å²) in [7, 11) is 2.11. The van der Waals surface area contributed by atoms with Gasteiger partial charge in [-0.15, -0.1) is 0 Å². The van der Waals surface area contributed by atoms with Gasteiger partial charge in [-0.25, -0.2) is 4.98 Å². The maximum atomic E-state index is 10.4. The molecule has 0 spiro atoms. The molecule has 14 heavy (non-hydrogen) atoms. The van der Waals surface area contributed by atoms with Gasteiger partial charge in [0.2, 0.25) is 0 Å². The van der Waals surface area contributed by atoms with Gasteiger partial charge >= 0.3 is 0 Å². The fourth-order valence-electron chi connectivity index (χ4n) is 1.91. The van der Waals surface area contributed by atoms with Crippen LogP contribution in [0.1, 0.15) is 29.3 Å². The van der Waals surface area contributed by atoms with Crippen LogP contribution < -0.4 is 0 Å². The summed E-state index contributed by atoms with van der Waals surface area (Å²) in [6.45, 7) is 1.14. The van der Waals surface area contributed by atoms with E-state index in [-0.39, 0.29) is 0 Å². The number of aldehydes is 1. The molecular formula is C10H14N2O2. The van der Waals surface area contributed by atoms with E-state index in [1.807, 2.05) is 0 Å². The lowest BCUT2D eigenvalue weighted by Crippen LogP contribution is -2.26. The third kappa shape index (κ3) is 1.85. The topological polar surface area (TPSA) is 46.3 Å². The summed E-state index contributed by atoms with van der Waals surface area (Å²) < 4.78 is 5.24. The van der Waals surface area contributed by atoms with Crippen molar-refractivity contribution in [1.82, 2.24) is 9.88 Å². The molecule has 0 saturated carbocycles. The second-order valence-electron chi connectivity index (χ2n) is 3.76. The van der Waals surface area contributed by atoms with E-state index in [0.717, 1.165) is 13.0 Å². The summed E-state index contributed by atoms with van der Waals surface area (Å²) in [5.74, 6) is 0.992. The molecular weight excluding hydrogens is 180 g/mol. The third-order valence-electron chi connectivity index (χ3n) is 2.77. The number of likely N-dealkylation sites (tertiary alicyclic amines) is 1. The number of rotatable bonds is 3. The first kappa shape index (κ1) is 9.40. The lowest BCUT2D eigenvalue weighted by molar-refractivity contribution is 0.109. The van der Waals surface area contributed by atoms with Crippen molar-refractivity contribution < 1.29 is 9.21 Å². The molecule has 4 nitrogen and oxygen atoms in total. The smallest absolute Gasteiger partial charge is 0.196 e. The Morgan fingerprint density at radius 3 is 3.21 bits per heavy atom. The van der Waals surface area contributed by atoms with Crippen LogP contribution in [0.5, 0.6) is 0 Å². The molecule has 0 bridgehead atoms. The number of carbonyl (C=O) groups is 1. The first-order valence-corrected chi connectivity index (χ1v) is 4.89. The Morgan fingerprint density at radius 1 is 1.79 bits per heavy atom. The molecule has 1 unspecified atom stereocenters. The Morgan fingerprint density at radius 2 is 2.64 bits per heavy atom. The second-order valence-corrected chi connectivity index (χ2v) is 3.76. The second kappa shape index (κ2) is 3.92. The maximum absolute atomic E-state index is 10.4. The minimum atomic E-state index is 0.320. The van der Waals surface area contributed by atoms with E-state index in [4.69, 9.17) is 4.42 Å². The van der Waals surface area contributed by atoms with E-state index in [9.17, 15) is 4.79 Å². The van der Waals surface area contributed by atoms with Crippen LogP contribution in [0, 0.1) is 0 Å². The number of carbonyl (C=O) groups excluding carboxylic acids is 1. The summed E-state index contributed by atoms with van der Waals surface area (Å²) in [6, 6.07) is 0.521. The van der Waals surface area contributed by atoms with Crippen LogP contribution in [0.3, 0.4) is 0 Å². The van der Waals surface area contributed by atoms with Gasteiger partial charge in [0.25, 0.3) is 0 Å². The van der Waals surface area contributed by atoms with Crippen molar-refractivity contribution in [3.63, 3.8) is 0 Å². The number of aromatic nitrogens is 1. The zero-order chi connectivity index (χ0) is 9.97. The standard InChI is InChI=1S/C10H14N2O2/c1-12-4-2-3-8(12)5-10-11-6-9(7-13)14-10/h6-8H,2-5H2,1H3. The van der Waals surface area contributed by atoms with Crippen LogP contribution in [0.25, 0.3) is 0 Å². The van der Waals surface area contributed by atoms with Crippen molar-refractivity contribution in [2.75, 3.05) is 13.6 Å². The van der Waals surface area contributed by atoms with Crippen molar-refractivity contribution in [1.29, 1.82) is 0 Å². The van der Waals surface area contributed by atoms with Gasteiger partial charge in [0.15, 0.2) is 17.9 Å². The number of oxazole rings is 1. The van der Waals surface area contributed by atoms with E-state index in [0.29, 0.717) is 24.0 Å². The average Bonchev–Trinajstić information content (AvgIpc) is 2.77. The van der Waals surface area contributed by atoms with E-state index >= 15 is 0 Å². The highest BCUT2D eigenvalue weighted by Gasteiger charge is 2.22.